The molecule has 0 aliphatic carbocycles. The van der Waals surface area contributed by atoms with E-state index in [1.165, 1.54) is 18.2 Å². The molecule has 3 rings (SSSR count). The van der Waals surface area contributed by atoms with Gasteiger partial charge in [-0.3, -0.25) is 14.4 Å². The highest BCUT2D eigenvalue weighted by Gasteiger charge is 2.30. The lowest BCUT2D eigenvalue weighted by Gasteiger charge is -2.22. The van der Waals surface area contributed by atoms with Gasteiger partial charge in [0.1, 0.15) is 12.4 Å². The van der Waals surface area contributed by atoms with E-state index in [0.717, 1.165) is 23.7 Å². The average molecular weight is 370 g/mol. The SMILES string of the molecule is C[C@H]1Cc2ccccc2N1C(=O)COC(=O)CNC(=O)c1cccc(F)c1. The molecule has 0 aromatic heterocycles. The Morgan fingerprint density at radius 2 is 1.96 bits per heavy atom. The smallest absolute Gasteiger partial charge is 0.325 e. The Morgan fingerprint density at radius 1 is 1.19 bits per heavy atom. The number of ether oxygens (including phenoxy) is 1. The summed E-state index contributed by atoms with van der Waals surface area (Å²) in [6, 6.07) is 12.7. The number of esters is 1. The number of carbonyl (C=O) groups excluding carboxylic acids is 3. The molecule has 1 atom stereocenters. The number of hydrogen-bond donors (Lipinski definition) is 1. The van der Waals surface area contributed by atoms with Gasteiger partial charge in [0.05, 0.1) is 0 Å². The lowest BCUT2D eigenvalue weighted by molar-refractivity contribution is -0.146. The lowest BCUT2D eigenvalue weighted by atomic mass is 10.1. The van der Waals surface area contributed by atoms with Gasteiger partial charge in [-0.2, -0.15) is 0 Å². The van der Waals surface area contributed by atoms with E-state index in [9.17, 15) is 18.8 Å². The molecule has 0 saturated carbocycles. The molecule has 2 aromatic rings. The first kappa shape index (κ1) is 18.6. The zero-order valence-corrected chi connectivity index (χ0v) is 14.8. The minimum absolute atomic E-state index is 0.0127. The van der Waals surface area contributed by atoms with Crippen LogP contribution < -0.4 is 10.2 Å². The van der Waals surface area contributed by atoms with E-state index in [4.69, 9.17) is 4.74 Å². The molecule has 0 spiro atoms. The first-order valence-corrected chi connectivity index (χ1v) is 8.55. The Morgan fingerprint density at radius 3 is 2.74 bits per heavy atom. The van der Waals surface area contributed by atoms with Crippen LogP contribution in [0, 0.1) is 5.82 Å². The highest BCUT2D eigenvalue weighted by molar-refractivity contribution is 5.98. The molecule has 1 N–H and O–H groups in total. The molecule has 2 amide bonds. The van der Waals surface area contributed by atoms with Crippen LogP contribution in [0.1, 0.15) is 22.8 Å². The van der Waals surface area contributed by atoms with Crippen molar-refractivity contribution in [3.8, 4) is 0 Å². The van der Waals surface area contributed by atoms with Gasteiger partial charge < -0.3 is 15.0 Å². The topological polar surface area (TPSA) is 75.7 Å². The van der Waals surface area contributed by atoms with Crippen LogP contribution in [0.15, 0.2) is 48.5 Å². The molecular formula is C20H19FN2O4. The monoisotopic (exact) mass is 370 g/mol. The van der Waals surface area contributed by atoms with Crippen LogP contribution in [0.2, 0.25) is 0 Å². The summed E-state index contributed by atoms with van der Waals surface area (Å²) in [7, 11) is 0. The van der Waals surface area contributed by atoms with E-state index < -0.39 is 30.8 Å². The van der Waals surface area contributed by atoms with Gasteiger partial charge in [-0.25, -0.2) is 4.39 Å². The van der Waals surface area contributed by atoms with Crippen LogP contribution >= 0.6 is 0 Å². The summed E-state index contributed by atoms with van der Waals surface area (Å²) in [5, 5.41) is 2.34. The van der Waals surface area contributed by atoms with Crippen LogP contribution in [0.3, 0.4) is 0 Å². The maximum absolute atomic E-state index is 13.1. The molecule has 0 unspecified atom stereocenters. The summed E-state index contributed by atoms with van der Waals surface area (Å²) in [4.78, 5) is 37.7. The van der Waals surface area contributed by atoms with Crippen molar-refractivity contribution in [2.45, 2.75) is 19.4 Å². The van der Waals surface area contributed by atoms with Crippen LogP contribution in [0.4, 0.5) is 10.1 Å². The predicted octanol–water partition coefficient (Wildman–Crippen LogP) is 2.08. The van der Waals surface area contributed by atoms with Crippen molar-refractivity contribution in [2.24, 2.45) is 0 Å². The van der Waals surface area contributed by atoms with Gasteiger partial charge >= 0.3 is 5.97 Å². The van der Waals surface area contributed by atoms with Crippen molar-refractivity contribution < 1.29 is 23.5 Å². The van der Waals surface area contributed by atoms with Crippen molar-refractivity contribution in [1.82, 2.24) is 5.32 Å². The maximum Gasteiger partial charge on any atom is 0.325 e. The fraction of sp³-hybridized carbons (Fsp3) is 0.250. The Labute approximate surface area is 155 Å². The van der Waals surface area contributed by atoms with Crippen molar-refractivity contribution in [2.75, 3.05) is 18.1 Å². The predicted molar refractivity (Wildman–Crippen MR) is 96.8 cm³/mol. The van der Waals surface area contributed by atoms with Crippen LogP contribution in [0.25, 0.3) is 0 Å². The number of carbonyl (C=O) groups is 3. The van der Waals surface area contributed by atoms with E-state index in [-0.39, 0.29) is 17.5 Å². The molecule has 1 aliphatic heterocycles. The second-order valence-electron chi connectivity index (χ2n) is 6.30. The fourth-order valence-electron chi connectivity index (χ4n) is 3.09. The number of halogens is 1. The number of amides is 2. The number of nitrogens with one attached hydrogen (secondary N) is 1. The number of nitrogens with zero attached hydrogens (tertiary/aromatic N) is 1. The van der Waals surface area contributed by atoms with E-state index in [1.807, 2.05) is 31.2 Å². The van der Waals surface area contributed by atoms with Crippen molar-refractivity contribution >= 4 is 23.5 Å². The highest BCUT2D eigenvalue weighted by Crippen LogP contribution is 2.31. The van der Waals surface area contributed by atoms with Gasteiger partial charge in [-0.1, -0.05) is 24.3 Å². The third-order valence-electron chi connectivity index (χ3n) is 4.31. The van der Waals surface area contributed by atoms with Gasteiger partial charge in [0.2, 0.25) is 0 Å². The number of para-hydroxylation sites is 1. The van der Waals surface area contributed by atoms with Gasteiger partial charge in [-0.05, 0) is 43.2 Å². The summed E-state index contributed by atoms with van der Waals surface area (Å²) in [5.74, 6) is -2.21. The Kier molecular flexibility index (Phi) is 5.49. The van der Waals surface area contributed by atoms with Crippen molar-refractivity contribution in [3.05, 3.63) is 65.5 Å². The van der Waals surface area contributed by atoms with E-state index in [1.54, 1.807) is 4.90 Å². The Balaban J connectivity index is 1.49. The number of hydrogen-bond acceptors (Lipinski definition) is 4. The molecule has 140 valence electrons. The van der Waals surface area contributed by atoms with Gasteiger partial charge in [-0.15, -0.1) is 0 Å². The second-order valence-corrected chi connectivity index (χ2v) is 6.30. The quantitative estimate of drug-likeness (QED) is 0.818. The summed E-state index contributed by atoms with van der Waals surface area (Å²) >= 11 is 0. The summed E-state index contributed by atoms with van der Waals surface area (Å²) in [5.41, 5.74) is 2.00. The first-order valence-electron chi connectivity index (χ1n) is 8.55. The van der Waals surface area contributed by atoms with Gasteiger partial charge in [0.25, 0.3) is 11.8 Å². The number of benzene rings is 2. The number of fused-ring (bicyclic) bond motifs is 1. The third kappa shape index (κ3) is 4.31. The molecule has 0 saturated heterocycles. The molecule has 1 heterocycles. The molecule has 1 aliphatic rings. The van der Waals surface area contributed by atoms with Crippen LogP contribution in [0.5, 0.6) is 0 Å². The summed E-state index contributed by atoms with van der Waals surface area (Å²) in [6.45, 7) is 1.11. The zero-order chi connectivity index (χ0) is 19.4. The molecule has 2 aromatic carbocycles. The zero-order valence-electron chi connectivity index (χ0n) is 14.8. The number of anilines is 1. The molecule has 7 heteroatoms. The molecule has 0 fully saturated rings. The normalized spacial score (nSPS) is 15.2. The van der Waals surface area contributed by atoms with E-state index >= 15 is 0 Å². The first-order chi connectivity index (χ1) is 13.0. The number of rotatable bonds is 5. The average Bonchev–Trinajstić information content (AvgIpc) is 2.99. The van der Waals surface area contributed by atoms with Gasteiger partial charge in [0, 0.05) is 17.3 Å². The summed E-state index contributed by atoms with van der Waals surface area (Å²) in [6.07, 6.45) is 0.750. The van der Waals surface area contributed by atoms with Crippen LogP contribution in [-0.4, -0.2) is 37.0 Å². The Hall–Kier alpha value is -3.22. The second kappa shape index (κ2) is 7.99. The third-order valence-corrected chi connectivity index (χ3v) is 4.31. The van der Waals surface area contributed by atoms with E-state index in [2.05, 4.69) is 5.32 Å². The van der Waals surface area contributed by atoms with Crippen molar-refractivity contribution in [3.63, 3.8) is 0 Å². The molecular weight excluding hydrogens is 351 g/mol. The molecule has 0 radical (unpaired) electrons. The van der Waals surface area contributed by atoms with Gasteiger partial charge in [0.15, 0.2) is 6.61 Å². The molecule has 6 nitrogen and oxygen atoms in total. The minimum Gasteiger partial charge on any atom is -0.454 e. The molecule has 0 bridgehead atoms. The molecule has 27 heavy (non-hydrogen) atoms. The fourth-order valence-corrected chi connectivity index (χ4v) is 3.09. The largest absolute Gasteiger partial charge is 0.454 e. The van der Waals surface area contributed by atoms with Crippen molar-refractivity contribution in [1.29, 1.82) is 0 Å². The standard InChI is InChI=1S/C20H19FN2O4/c1-13-9-14-5-2-3-8-17(14)23(13)18(24)12-27-19(25)11-22-20(26)15-6-4-7-16(21)10-15/h2-8,10,13H,9,11-12H2,1H3,(H,22,26)/t13-/m0/s1. The Bertz CT molecular complexity index is 884. The van der Waals surface area contributed by atoms with E-state index in [0.29, 0.717) is 0 Å². The summed E-state index contributed by atoms with van der Waals surface area (Å²) < 4.78 is 18.1. The van der Waals surface area contributed by atoms with Crippen LogP contribution in [-0.2, 0) is 20.7 Å². The maximum atomic E-state index is 13.1. The lowest BCUT2D eigenvalue weighted by Crippen LogP contribution is -2.39. The highest BCUT2D eigenvalue weighted by atomic mass is 19.1. The minimum atomic E-state index is -0.742.